The quantitative estimate of drug-likeness (QED) is 0.0375. The fourth-order valence-electron chi connectivity index (χ4n) is 5.94. The Balaban J connectivity index is 3.42. The number of ether oxygens (including phenoxy) is 2. The Morgan fingerprint density at radius 3 is 1.13 bits per heavy atom. The first-order chi connectivity index (χ1) is 22.8. The summed E-state index contributed by atoms with van der Waals surface area (Å²) in [5.41, 5.74) is 0. The van der Waals surface area contributed by atoms with Crippen molar-refractivity contribution in [2.75, 3.05) is 13.2 Å². The number of hydrogen-bond donors (Lipinski definition) is 2. The van der Waals surface area contributed by atoms with Crippen molar-refractivity contribution >= 4 is 19.8 Å². The Morgan fingerprint density at radius 2 is 0.809 bits per heavy atom. The molecule has 0 aliphatic heterocycles. The molecule has 0 spiro atoms. The zero-order chi connectivity index (χ0) is 34.7. The van der Waals surface area contributed by atoms with Gasteiger partial charge in [0.05, 0.1) is 6.61 Å². The number of carbonyl (C=O) groups excluding carboxylic acids is 2. The number of rotatable bonds is 37. The Kier molecular flexibility index (Phi) is 34.2. The Hall–Kier alpha value is -0.950. The second-order valence-electron chi connectivity index (χ2n) is 13.6. The molecule has 0 amide bonds. The summed E-state index contributed by atoms with van der Waals surface area (Å²) in [6.07, 6.45) is 37.7. The molecule has 0 aromatic carbocycles. The molecule has 0 radical (unpaired) electrons. The van der Waals surface area contributed by atoms with Gasteiger partial charge >= 0.3 is 19.8 Å². The lowest BCUT2D eigenvalue weighted by molar-refractivity contribution is -0.161. The number of phosphoric acid groups is 1. The molecular formula is C38H75O8P. The minimum atomic E-state index is -4.71. The van der Waals surface area contributed by atoms with Gasteiger partial charge in [-0.2, -0.15) is 0 Å². The highest BCUT2D eigenvalue weighted by Gasteiger charge is 2.22. The SMILES string of the molecule is CCCCCCCCCCCCCCCCCCCCCCCCCCCCCCC(=O)OC[C@H](COP(=O)(O)O)OC(=O)CCC. The first-order valence-corrected chi connectivity index (χ1v) is 21.4. The van der Waals surface area contributed by atoms with E-state index in [4.69, 9.17) is 19.3 Å². The van der Waals surface area contributed by atoms with Crippen molar-refractivity contribution in [3.63, 3.8) is 0 Å². The van der Waals surface area contributed by atoms with Gasteiger partial charge in [-0.15, -0.1) is 0 Å². The van der Waals surface area contributed by atoms with Crippen LogP contribution in [0.25, 0.3) is 0 Å². The van der Waals surface area contributed by atoms with Crippen LogP contribution in [0.2, 0.25) is 0 Å². The summed E-state index contributed by atoms with van der Waals surface area (Å²) in [5, 5.41) is 0. The van der Waals surface area contributed by atoms with Crippen molar-refractivity contribution in [3.8, 4) is 0 Å². The summed E-state index contributed by atoms with van der Waals surface area (Å²) in [4.78, 5) is 41.5. The van der Waals surface area contributed by atoms with Crippen LogP contribution in [0.3, 0.4) is 0 Å². The second-order valence-corrected chi connectivity index (χ2v) is 14.9. The van der Waals surface area contributed by atoms with Gasteiger partial charge in [0.1, 0.15) is 6.61 Å². The van der Waals surface area contributed by atoms with Crippen molar-refractivity contribution in [1.82, 2.24) is 0 Å². The van der Waals surface area contributed by atoms with E-state index in [9.17, 15) is 14.2 Å². The number of carbonyl (C=O) groups is 2. The zero-order valence-electron chi connectivity index (χ0n) is 30.7. The lowest BCUT2D eigenvalue weighted by Gasteiger charge is -2.18. The van der Waals surface area contributed by atoms with Crippen LogP contribution in [-0.2, 0) is 28.2 Å². The average Bonchev–Trinajstić information content (AvgIpc) is 3.03. The topological polar surface area (TPSA) is 119 Å². The maximum atomic E-state index is 12.1. The molecule has 0 bridgehead atoms. The van der Waals surface area contributed by atoms with E-state index in [-0.39, 0.29) is 19.4 Å². The minimum absolute atomic E-state index is 0.167. The monoisotopic (exact) mass is 691 g/mol. The third-order valence-corrected chi connectivity index (χ3v) is 9.33. The van der Waals surface area contributed by atoms with Crippen LogP contribution in [0.1, 0.15) is 213 Å². The van der Waals surface area contributed by atoms with E-state index in [1.54, 1.807) is 0 Å². The summed E-state index contributed by atoms with van der Waals surface area (Å²) in [6, 6.07) is 0. The predicted octanol–water partition coefficient (Wildman–Crippen LogP) is 11.7. The van der Waals surface area contributed by atoms with Gasteiger partial charge in [-0.05, 0) is 12.8 Å². The van der Waals surface area contributed by atoms with Gasteiger partial charge in [-0.25, -0.2) is 4.57 Å². The average molecular weight is 691 g/mol. The first-order valence-electron chi connectivity index (χ1n) is 19.8. The third kappa shape index (κ3) is 37.7. The van der Waals surface area contributed by atoms with E-state index in [1.165, 1.54) is 161 Å². The predicted molar refractivity (Wildman–Crippen MR) is 193 cm³/mol. The molecule has 0 fully saturated rings. The molecule has 0 saturated heterocycles. The minimum Gasteiger partial charge on any atom is -0.462 e. The largest absolute Gasteiger partial charge is 0.469 e. The van der Waals surface area contributed by atoms with E-state index in [2.05, 4.69) is 11.4 Å². The second kappa shape index (κ2) is 34.9. The first kappa shape index (κ1) is 46.0. The Morgan fingerprint density at radius 1 is 0.468 bits per heavy atom. The van der Waals surface area contributed by atoms with E-state index in [0.717, 1.165) is 19.3 Å². The summed E-state index contributed by atoms with van der Waals surface area (Å²) in [6.45, 7) is 3.28. The van der Waals surface area contributed by atoms with E-state index in [0.29, 0.717) is 6.42 Å². The molecule has 0 aromatic heterocycles. The molecule has 0 saturated carbocycles. The van der Waals surface area contributed by atoms with E-state index < -0.39 is 32.5 Å². The highest BCUT2D eigenvalue weighted by atomic mass is 31.2. The van der Waals surface area contributed by atoms with Crippen LogP contribution < -0.4 is 0 Å². The van der Waals surface area contributed by atoms with Gasteiger partial charge in [-0.1, -0.05) is 187 Å². The van der Waals surface area contributed by atoms with Crippen LogP contribution in [0, 0.1) is 0 Å². The molecule has 0 aliphatic rings. The van der Waals surface area contributed by atoms with Crippen LogP contribution in [0.5, 0.6) is 0 Å². The fraction of sp³-hybridized carbons (Fsp3) is 0.947. The standard InChI is InChI=1S/C38H75O8P/c1-3-5-6-7-8-9-10-11-12-13-14-15-16-17-18-19-20-21-22-23-24-25-26-27-28-29-30-31-33-37(39)44-34-36(35-45-47(41,42)43)46-38(40)32-4-2/h36H,3-35H2,1-2H3,(H2,41,42,43)/t36-/m1/s1. The summed E-state index contributed by atoms with van der Waals surface area (Å²) in [5.74, 6) is -0.934. The van der Waals surface area contributed by atoms with Crippen LogP contribution in [-0.4, -0.2) is 41.0 Å². The number of esters is 2. The molecular weight excluding hydrogens is 615 g/mol. The molecule has 2 N–H and O–H groups in total. The third-order valence-electron chi connectivity index (χ3n) is 8.85. The molecule has 0 heterocycles. The highest BCUT2D eigenvalue weighted by molar-refractivity contribution is 7.46. The number of hydrogen-bond acceptors (Lipinski definition) is 6. The Labute approximate surface area is 289 Å². The summed E-state index contributed by atoms with van der Waals surface area (Å²) >= 11 is 0. The molecule has 280 valence electrons. The normalized spacial score (nSPS) is 12.3. The summed E-state index contributed by atoms with van der Waals surface area (Å²) in [7, 11) is -4.71. The van der Waals surface area contributed by atoms with Gasteiger partial charge in [-0.3, -0.25) is 14.1 Å². The Bertz CT molecular complexity index is 741. The van der Waals surface area contributed by atoms with Gasteiger partial charge < -0.3 is 19.3 Å². The maximum absolute atomic E-state index is 12.1. The van der Waals surface area contributed by atoms with Crippen molar-refractivity contribution in [1.29, 1.82) is 0 Å². The lowest BCUT2D eigenvalue weighted by Crippen LogP contribution is -2.29. The van der Waals surface area contributed by atoms with Crippen molar-refractivity contribution in [2.45, 2.75) is 219 Å². The van der Waals surface area contributed by atoms with Crippen molar-refractivity contribution < 1.29 is 37.9 Å². The molecule has 1 atom stereocenters. The van der Waals surface area contributed by atoms with Crippen molar-refractivity contribution in [3.05, 3.63) is 0 Å². The molecule has 8 nitrogen and oxygen atoms in total. The molecule has 0 unspecified atom stereocenters. The van der Waals surface area contributed by atoms with Gasteiger partial charge in [0, 0.05) is 12.8 Å². The smallest absolute Gasteiger partial charge is 0.462 e. The van der Waals surface area contributed by atoms with Crippen LogP contribution in [0.15, 0.2) is 0 Å². The van der Waals surface area contributed by atoms with Crippen LogP contribution in [0.4, 0.5) is 0 Å². The number of phosphoric ester groups is 1. The van der Waals surface area contributed by atoms with E-state index in [1.807, 2.05) is 6.92 Å². The van der Waals surface area contributed by atoms with Gasteiger partial charge in [0.2, 0.25) is 0 Å². The maximum Gasteiger partial charge on any atom is 0.469 e. The molecule has 0 aliphatic carbocycles. The lowest BCUT2D eigenvalue weighted by atomic mass is 10.0. The summed E-state index contributed by atoms with van der Waals surface area (Å²) < 4.78 is 25.6. The number of unbranched alkanes of at least 4 members (excludes halogenated alkanes) is 27. The van der Waals surface area contributed by atoms with Gasteiger partial charge in [0.15, 0.2) is 6.10 Å². The molecule has 0 rings (SSSR count). The zero-order valence-corrected chi connectivity index (χ0v) is 31.6. The molecule has 0 aromatic rings. The molecule has 9 heteroatoms. The van der Waals surface area contributed by atoms with Crippen LogP contribution >= 0.6 is 7.82 Å². The van der Waals surface area contributed by atoms with Crippen molar-refractivity contribution in [2.24, 2.45) is 0 Å². The highest BCUT2D eigenvalue weighted by Crippen LogP contribution is 2.36. The molecule has 47 heavy (non-hydrogen) atoms. The van der Waals surface area contributed by atoms with E-state index >= 15 is 0 Å². The fourth-order valence-corrected chi connectivity index (χ4v) is 6.30. The van der Waals surface area contributed by atoms with Gasteiger partial charge in [0.25, 0.3) is 0 Å².